The molecule has 10 nitrogen and oxygen atoms in total. The maximum Gasteiger partial charge on any atom is 0.255 e. The Labute approximate surface area is 196 Å². The number of rotatable bonds is 5. The average Bonchev–Trinajstić information content (AvgIpc) is 3.38. The van der Waals surface area contributed by atoms with Gasteiger partial charge in [-0.2, -0.15) is 10.2 Å². The number of methoxy groups -OCH3 is 1. The first kappa shape index (κ1) is 22.0. The first-order valence-electron chi connectivity index (χ1n) is 11.2. The number of carbonyl (C=O) groups excluding carboxylic acids is 2. The third-order valence-electron chi connectivity index (χ3n) is 6.46. The van der Waals surface area contributed by atoms with Gasteiger partial charge < -0.3 is 24.3 Å². The van der Waals surface area contributed by atoms with E-state index in [1.807, 2.05) is 35.0 Å². The largest absolute Gasteiger partial charge is 0.497 e. The molecule has 4 heterocycles. The molecule has 2 aliphatic heterocycles. The summed E-state index contributed by atoms with van der Waals surface area (Å²) in [6, 6.07) is 9.22. The molecule has 0 saturated carbocycles. The molecule has 2 amide bonds. The standard InChI is InChI=1S/C24H26N6O4/c1-33-19-4-2-17(3-5-19)14-26-21(31)20-16-30-13-10-25-23(30)24(34-20)7-11-29(12-8-24)22(32)18-6-9-27-28-15-18/h2-6,9-10,13,15,20H,7-8,11-12,14,16H2,1H3,(H,26,31). The maximum absolute atomic E-state index is 13.0. The molecule has 5 rings (SSSR count). The van der Waals surface area contributed by atoms with Crippen LogP contribution in [0, 0.1) is 0 Å². The van der Waals surface area contributed by atoms with Gasteiger partial charge in [-0.25, -0.2) is 4.98 Å². The minimum atomic E-state index is -0.711. The minimum absolute atomic E-state index is 0.0855. The van der Waals surface area contributed by atoms with E-state index in [2.05, 4.69) is 20.5 Å². The van der Waals surface area contributed by atoms with Crippen molar-refractivity contribution in [3.63, 3.8) is 0 Å². The summed E-state index contributed by atoms with van der Waals surface area (Å²) in [6.45, 7) is 1.79. The van der Waals surface area contributed by atoms with Crippen LogP contribution in [0.3, 0.4) is 0 Å². The summed E-state index contributed by atoms with van der Waals surface area (Å²) in [5.74, 6) is 1.32. The number of aromatic nitrogens is 4. The molecule has 176 valence electrons. The molecular formula is C24H26N6O4. The van der Waals surface area contributed by atoms with E-state index in [9.17, 15) is 9.59 Å². The predicted octanol–water partition coefficient (Wildman–Crippen LogP) is 1.53. The van der Waals surface area contributed by atoms with Crippen molar-refractivity contribution in [1.82, 2.24) is 30.0 Å². The Kier molecular flexibility index (Phi) is 5.97. The lowest BCUT2D eigenvalue weighted by Crippen LogP contribution is -2.54. The summed E-state index contributed by atoms with van der Waals surface area (Å²) in [7, 11) is 1.62. The second kappa shape index (κ2) is 9.22. The fourth-order valence-electron chi connectivity index (χ4n) is 4.59. The zero-order valence-electron chi connectivity index (χ0n) is 18.9. The van der Waals surface area contributed by atoms with Gasteiger partial charge in [-0.3, -0.25) is 9.59 Å². The summed E-state index contributed by atoms with van der Waals surface area (Å²) < 4.78 is 13.6. The summed E-state index contributed by atoms with van der Waals surface area (Å²) >= 11 is 0. The molecule has 34 heavy (non-hydrogen) atoms. The van der Waals surface area contributed by atoms with Gasteiger partial charge in [-0.1, -0.05) is 12.1 Å². The summed E-state index contributed by atoms with van der Waals surface area (Å²) in [5, 5.41) is 10.5. The zero-order valence-corrected chi connectivity index (χ0v) is 18.9. The van der Waals surface area contributed by atoms with E-state index in [1.54, 1.807) is 24.3 Å². The van der Waals surface area contributed by atoms with Gasteiger partial charge in [-0.15, -0.1) is 0 Å². The second-order valence-corrected chi connectivity index (χ2v) is 8.49. The van der Waals surface area contributed by atoms with Crippen molar-refractivity contribution in [2.45, 2.75) is 37.6 Å². The van der Waals surface area contributed by atoms with Gasteiger partial charge in [0.05, 0.1) is 31.6 Å². The number of fused-ring (bicyclic) bond motifs is 2. The molecule has 1 fully saturated rings. The van der Waals surface area contributed by atoms with Crippen LogP contribution < -0.4 is 10.1 Å². The van der Waals surface area contributed by atoms with Crippen LogP contribution in [0.25, 0.3) is 0 Å². The Bertz CT molecular complexity index is 1160. The molecule has 10 heteroatoms. The monoisotopic (exact) mass is 462 g/mol. The highest BCUT2D eigenvalue weighted by molar-refractivity contribution is 5.93. The van der Waals surface area contributed by atoms with E-state index in [0.717, 1.165) is 17.1 Å². The summed E-state index contributed by atoms with van der Waals surface area (Å²) in [6.07, 6.45) is 7.05. The van der Waals surface area contributed by atoms with E-state index in [4.69, 9.17) is 9.47 Å². The van der Waals surface area contributed by atoms with E-state index in [0.29, 0.717) is 44.6 Å². The number of hydrogen-bond acceptors (Lipinski definition) is 7. The zero-order chi connectivity index (χ0) is 23.5. The number of carbonyl (C=O) groups is 2. The van der Waals surface area contributed by atoms with E-state index in [1.165, 1.54) is 12.4 Å². The molecule has 1 unspecified atom stereocenters. The third kappa shape index (κ3) is 4.24. The van der Waals surface area contributed by atoms with Crippen molar-refractivity contribution in [3.05, 3.63) is 72.1 Å². The van der Waals surface area contributed by atoms with Crippen molar-refractivity contribution in [1.29, 1.82) is 0 Å². The smallest absolute Gasteiger partial charge is 0.255 e. The SMILES string of the molecule is COc1ccc(CNC(=O)C2Cn3ccnc3C3(CCN(C(=O)c4ccnnc4)CC3)O2)cc1. The number of likely N-dealkylation sites (tertiary alicyclic amines) is 1. The van der Waals surface area contributed by atoms with Crippen molar-refractivity contribution in [3.8, 4) is 5.75 Å². The van der Waals surface area contributed by atoms with Gasteiger partial charge >= 0.3 is 0 Å². The average molecular weight is 463 g/mol. The van der Waals surface area contributed by atoms with Gasteiger partial charge in [0, 0.05) is 44.9 Å². The molecule has 2 aliphatic rings. The fraction of sp³-hybridized carbons (Fsp3) is 0.375. The van der Waals surface area contributed by atoms with Crippen LogP contribution in [0.5, 0.6) is 5.75 Å². The number of ether oxygens (including phenoxy) is 2. The second-order valence-electron chi connectivity index (χ2n) is 8.49. The molecule has 3 aromatic rings. The molecule has 1 spiro atoms. The minimum Gasteiger partial charge on any atom is -0.497 e. The Hall–Kier alpha value is -3.79. The molecule has 0 aliphatic carbocycles. The van der Waals surface area contributed by atoms with Gasteiger partial charge in [0.15, 0.2) is 6.10 Å². The number of benzene rings is 1. The molecule has 1 saturated heterocycles. The highest BCUT2D eigenvalue weighted by atomic mass is 16.5. The van der Waals surface area contributed by atoms with Crippen LogP contribution in [0.1, 0.15) is 34.6 Å². The first-order chi connectivity index (χ1) is 16.6. The molecular weight excluding hydrogens is 436 g/mol. The lowest BCUT2D eigenvalue weighted by molar-refractivity contribution is -0.172. The van der Waals surface area contributed by atoms with Crippen LogP contribution in [0.15, 0.2) is 55.1 Å². The number of imidazole rings is 1. The van der Waals surface area contributed by atoms with Gasteiger partial charge in [0.1, 0.15) is 17.2 Å². The summed E-state index contributed by atoms with van der Waals surface area (Å²) in [4.78, 5) is 32.2. The Morgan fingerprint density at radius 3 is 2.65 bits per heavy atom. The number of piperidine rings is 1. The molecule has 1 atom stereocenters. The van der Waals surface area contributed by atoms with Crippen molar-refractivity contribution in [2.75, 3.05) is 20.2 Å². The Balaban J connectivity index is 1.26. The fourth-order valence-corrected chi connectivity index (χ4v) is 4.59. The van der Waals surface area contributed by atoms with Crippen LogP contribution in [-0.2, 0) is 28.2 Å². The Morgan fingerprint density at radius 2 is 1.94 bits per heavy atom. The molecule has 0 radical (unpaired) electrons. The molecule has 1 aromatic carbocycles. The molecule has 2 aromatic heterocycles. The first-order valence-corrected chi connectivity index (χ1v) is 11.2. The quantitative estimate of drug-likeness (QED) is 0.612. The van der Waals surface area contributed by atoms with Crippen LogP contribution in [0.4, 0.5) is 0 Å². The van der Waals surface area contributed by atoms with E-state index >= 15 is 0 Å². The third-order valence-corrected chi connectivity index (χ3v) is 6.46. The lowest BCUT2D eigenvalue weighted by Gasteiger charge is -2.45. The van der Waals surface area contributed by atoms with Crippen LogP contribution in [0.2, 0.25) is 0 Å². The van der Waals surface area contributed by atoms with Crippen LogP contribution in [-0.4, -0.2) is 62.8 Å². The highest BCUT2D eigenvalue weighted by Gasteiger charge is 2.47. The molecule has 0 bridgehead atoms. The van der Waals surface area contributed by atoms with Crippen molar-refractivity contribution < 1.29 is 19.1 Å². The van der Waals surface area contributed by atoms with Gasteiger partial charge in [0.25, 0.3) is 11.8 Å². The van der Waals surface area contributed by atoms with Crippen molar-refractivity contribution in [2.24, 2.45) is 0 Å². The van der Waals surface area contributed by atoms with Crippen LogP contribution >= 0.6 is 0 Å². The molecule has 1 N–H and O–H groups in total. The lowest BCUT2D eigenvalue weighted by atomic mass is 9.88. The highest BCUT2D eigenvalue weighted by Crippen LogP contribution is 2.40. The maximum atomic E-state index is 13.0. The number of hydrogen-bond donors (Lipinski definition) is 1. The van der Waals surface area contributed by atoms with E-state index in [-0.39, 0.29) is 11.8 Å². The predicted molar refractivity (Wildman–Crippen MR) is 121 cm³/mol. The van der Waals surface area contributed by atoms with Gasteiger partial charge in [0.2, 0.25) is 0 Å². The number of nitrogens with zero attached hydrogens (tertiary/aromatic N) is 5. The van der Waals surface area contributed by atoms with Crippen molar-refractivity contribution >= 4 is 11.8 Å². The Morgan fingerprint density at radius 1 is 1.15 bits per heavy atom. The van der Waals surface area contributed by atoms with Gasteiger partial charge in [-0.05, 0) is 23.8 Å². The topological polar surface area (TPSA) is 111 Å². The summed E-state index contributed by atoms with van der Waals surface area (Å²) in [5.41, 5.74) is 0.769. The van der Waals surface area contributed by atoms with E-state index < -0.39 is 11.7 Å². The number of amides is 2. The number of nitrogens with one attached hydrogen (secondary N) is 1. The normalized spacial score (nSPS) is 18.9.